The highest BCUT2D eigenvalue weighted by atomic mass is 79.9. The van der Waals surface area contributed by atoms with E-state index in [2.05, 4.69) is 15.9 Å². The topological polar surface area (TPSA) is 46.4 Å². The van der Waals surface area contributed by atoms with Crippen LogP contribution in [0.3, 0.4) is 0 Å². The second-order valence-corrected chi connectivity index (χ2v) is 4.50. The summed E-state index contributed by atoms with van der Waals surface area (Å²) in [6.45, 7) is 0.808. The molecule has 15 heavy (non-hydrogen) atoms. The van der Waals surface area contributed by atoms with E-state index >= 15 is 0 Å². The van der Waals surface area contributed by atoms with Crippen molar-refractivity contribution in [2.24, 2.45) is 0 Å². The van der Waals surface area contributed by atoms with E-state index in [0.29, 0.717) is 6.42 Å². The first-order valence-corrected chi connectivity index (χ1v) is 5.37. The van der Waals surface area contributed by atoms with Crippen molar-refractivity contribution >= 4 is 21.6 Å². The first-order valence-electron chi connectivity index (χ1n) is 4.58. The standard InChI is InChI=1S/C10H13BrN2O2/c1-12(2)6-5-8-3-4-9(11)7-10(8)13(14)15/h3-4,7H,5-6H2,1-2H3. The molecule has 0 heterocycles. The van der Waals surface area contributed by atoms with Gasteiger partial charge in [-0.05, 0) is 26.6 Å². The number of benzene rings is 1. The van der Waals surface area contributed by atoms with Gasteiger partial charge in [-0.25, -0.2) is 0 Å². The minimum absolute atomic E-state index is 0.186. The van der Waals surface area contributed by atoms with Crippen LogP contribution in [0.5, 0.6) is 0 Å². The van der Waals surface area contributed by atoms with E-state index in [1.807, 2.05) is 25.1 Å². The van der Waals surface area contributed by atoms with Gasteiger partial charge in [0.1, 0.15) is 0 Å². The number of hydrogen-bond donors (Lipinski definition) is 0. The first-order chi connectivity index (χ1) is 7.00. The minimum Gasteiger partial charge on any atom is -0.309 e. The summed E-state index contributed by atoms with van der Waals surface area (Å²) in [6.07, 6.45) is 0.691. The first kappa shape index (κ1) is 12.1. The Balaban J connectivity index is 2.91. The van der Waals surface area contributed by atoms with Crippen LogP contribution in [0, 0.1) is 10.1 Å². The molecule has 1 aromatic rings. The lowest BCUT2D eigenvalue weighted by atomic mass is 10.1. The highest BCUT2D eigenvalue weighted by Crippen LogP contribution is 2.23. The maximum atomic E-state index is 10.8. The Morgan fingerprint density at radius 1 is 1.47 bits per heavy atom. The Morgan fingerprint density at radius 3 is 2.67 bits per heavy atom. The molecule has 0 radical (unpaired) electrons. The van der Waals surface area contributed by atoms with Gasteiger partial charge >= 0.3 is 0 Å². The number of hydrogen-bond acceptors (Lipinski definition) is 3. The zero-order valence-corrected chi connectivity index (χ0v) is 10.3. The Labute approximate surface area is 97.2 Å². The Morgan fingerprint density at radius 2 is 2.13 bits per heavy atom. The van der Waals surface area contributed by atoms with E-state index in [9.17, 15) is 10.1 Å². The lowest BCUT2D eigenvalue weighted by Gasteiger charge is -2.09. The smallest absolute Gasteiger partial charge is 0.273 e. The average Bonchev–Trinajstić information content (AvgIpc) is 2.15. The van der Waals surface area contributed by atoms with Crippen LogP contribution in [-0.2, 0) is 6.42 Å². The van der Waals surface area contributed by atoms with Crippen molar-refractivity contribution in [1.29, 1.82) is 0 Å². The fourth-order valence-electron chi connectivity index (χ4n) is 1.26. The summed E-state index contributed by atoms with van der Waals surface area (Å²) >= 11 is 3.23. The third kappa shape index (κ3) is 3.60. The average molecular weight is 273 g/mol. The highest BCUT2D eigenvalue weighted by Gasteiger charge is 2.13. The molecule has 0 N–H and O–H groups in total. The van der Waals surface area contributed by atoms with Gasteiger partial charge in [0.15, 0.2) is 0 Å². The van der Waals surface area contributed by atoms with Crippen LogP contribution in [0.1, 0.15) is 5.56 Å². The molecule has 0 fully saturated rings. The van der Waals surface area contributed by atoms with Crippen LogP contribution >= 0.6 is 15.9 Å². The number of nitro benzene ring substituents is 1. The lowest BCUT2D eigenvalue weighted by molar-refractivity contribution is -0.385. The predicted octanol–water partition coefficient (Wildman–Crippen LogP) is 2.46. The van der Waals surface area contributed by atoms with Crippen molar-refractivity contribution in [3.63, 3.8) is 0 Å². The Bertz CT molecular complexity index is 366. The molecule has 1 aromatic carbocycles. The second kappa shape index (κ2) is 5.23. The van der Waals surface area contributed by atoms with Crippen molar-refractivity contribution in [3.05, 3.63) is 38.3 Å². The molecule has 0 saturated heterocycles. The van der Waals surface area contributed by atoms with Crippen molar-refractivity contribution in [2.75, 3.05) is 20.6 Å². The fourth-order valence-corrected chi connectivity index (χ4v) is 1.61. The van der Waals surface area contributed by atoms with E-state index in [0.717, 1.165) is 16.6 Å². The molecule has 5 heteroatoms. The molecule has 82 valence electrons. The second-order valence-electron chi connectivity index (χ2n) is 3.58. The SMILES string of the molecule is CN(C)CCc1ccc(Br)cc1[N+](=O)[O-]. The molecule has 1 rings (SSSR count). The highest BCUT2D eigenvalue weighted by molar-refractivity contribution is 9.10. The summed E-state index contributed by atoms with van der Waals surface area (Å²) in [7, 11) is 3.90. The van der Waals surface area contributed by atoms with E-state index in [-0.39, 0.29) is 10.6 Å². The Kier molecular flexibility index (Phi) is 4.23. The van der Waals surface area contributed by atoms with E-state index in [1.54, 1.807) is 12.1 Å². The van der Waals surface area contributed by atoms with Crippen molar-refractivity contribution in [3.8, 4) is 0 Å². The van der Waals surface area contributed by atoms with Crippen LogP contribution in [0.25, 0.3) is 0 Å². The summed E-state index contributed by atoms with van der Waals surface area (Å²) in [5, 5.41) is 10.8. The molecular formula is C10H13BrN2O2. The molecule has 0 aliphatic heterocycles. The normalized spacial score (nSPS) is 10.7. The molecule has 0 amide bonds. The molecular weight excluding hydrogens is 260 g/mol. The zero-order chi connectivity index (χ0) is 11.4. The van der Waals surface area contributed by atoms with Gasteiger partial charge in [0.2, 0.25) is 0 Å². The van der Waals surface area contributed by atoms with Crippen LogP contribution in [0.4, 0.5) is 5.69 Å². The quantitative estimate of drug-likeness (QED) is 0.625. The largest absolute Gasteiger partial charge is 0.309 e. The number of halogens is 1. The van der Waals surface area contributed by atoms with E-state index in [4.69, 9.17) is 0 Å². The number of rotatable bonds is 4. The predicted molar refractivity (Wildman–Crippen MR) is 63.1 cm³/mol. The number of nitrogens with zero attached hydrogens (tertiary/aromatic N) is 2. The molecule has 0 unspecified atom stereocenters. The molecule has 0 aromatic heterocycles. The summed E-state index contributed by atoms with van der Waals surface area (Å²) in [5.74, 6) is 0. The van der Waals surface area contributed by atoms with Gasteiger partial charge in [0, 0.05) is 22.6 Å². The van der Waals surface area contributed by atoms with Crippen LogP contribution in [0.2, 0.25) is 0 Å². The molecule has 0 saturated carbocycles. The minimum atomic E-state index is -0.338. The van der Waals surface area contributed by atoms with Crippen molar-refractivity contribution < 1.29 is 4.92 Å². The zero-order valence-electron chi connectivity index (χ0n) is 8.74. The van der Waals surface area contributed by atoms with E-state index in [1.165, 1.54) is 0 Å². The third-order valence-corrected chi connectivity index (χ3v) is 2.57. The maximum Gasteiger partial charge on any atom is 0.273 e. The summed E-state index contributed by atoms with van der Waals surface area (Å²) in [5.41, 5.74) is 0.961. The van der Waals surface area contributed by atoms with Gasteiger partial charge in [0.05, 0.1) is 4.92 Å². The van der Waals surface area contributed by atoms with Crippen molar-refractivity contribution in [2.45, 2.75) is 6.42 Å². The maximum absolute atomic E-state index is 10.8. The van der Waals surface area contributed by atoms with Gasteiger partial charge in [-0.15, -0.1) is 0 Å². The van der Waals surface area contributed by atoms with Crippen LogP contribution in [-0.4, -0.2) is 30.5 Å². The van der Waals surface area contributed by atoms with Gasteiger partial charge in [-0.3, -0.25) is 10.1 Å². The molecule has 0 atom stereocenters. The number of likely N-dealkylation sites (N-methyl/N-ethyl adjacent to an activating group) is 1. The van der Waals surface area contributed by atoms with Gasteiger partial charge in [0.25, 0.3) is 5.69 Å². The number of nitro groups is 1. The molecule has 0 aliphatic carbocycles. The van der Waals surface area contributed by atoms with Crippen molar-refractivity contribution in [1.82, 2.24) is 4.90 Å². The summed E-state index contributed by atoms with van der Waals surface area (Å²) < 4.78 is 0.739. The fraction of sp³-hybridized carbons (Fsp3) is 0.400. The molecule has 0 spiro atoms. The van der Waals surface area contributed by atoms with E-state index < -0.39 is 0 Å². The lowest BCUT2D eigenvalue weighted by Crippen LogP contribution is -2.15. The Hall–Kier alpha value is -0.940. The van der Waals surface area contributed by atoms with Crippen LogP contribution < -0.4 is 0 Å². The molecule has 0 aliphatic rings. The third-order valence-electron chi connectivity index (χ3n) is 2.07. The van der Waals surface area contributed by atoms with Gasteiger partial charge in [-0.2, -0.15) is 0 Å². The summed E-state index contributed by atoms with van der Waals surface area (Å²) in [4.78, 5) is 12.5. The van der Waals surface area contributed by atoms with Gasteiger partial charge in [-0.1, -0.05) is 22.0 Å². The van der Waals surface area contributed by atoms with Gasteiger partial charge < -0.3 is 4.90 Å². The monoisotopic (exact) mass is 272 g/mol. The molecule has 4 nitrogen and oxygen atoms in total. The summed E-state index contributed by atoms with van der Waals surface area (Å²) in [6, 6.07) is 5.18. The molecule has 0 bridgehead atoms. The van der Waals surface area contributed by atoms with Crippen LogP contribution in [0.15, 0.2) is 22.7 Å².